The highest BCUT2D eigenvalue weighted by molar-refractivity contribution is 7.89. The van der Waals surface area contributed by atoms with Crippen molar-refractivity contribution in [2.24, 2.45) is 5.73 Å². The average molecular weight is 308 g/mol. The van der Waals surface area contributed by atoms with Crippen LogP contribution in [0.3, 0.4) is 0 Å². The number of nitrogens with one attached hydrogen (secondary N) is 1. The molecule has 0 saturated heterocycles. The van der Waals surface area contributed by atoms with Crippen LogP contribution in [0.5, 0.6) is 0 Å². The van der Waals surface area contributed by atoms with E-state index in [0.717, 1.165) is 23.3 Å². The van der Waals surface area contributed by atoms with E-state index in [-0.39, 0.29) is 11.4 Å². The van der Waals surface area contributed by atoms with E-state index in [1.807, 2.05) is 19.9 Å². The van der Waals surface area contributed by atoms with E-state index in [9.17, 15) is 8.42 Å². The predicted octanol–water partition coefficient (Wildman–Crippen LogP) is 2.09. The molecule has 0 amide bonds. The van der Waals surface area contributed by atoms with Gasteiger partial charge in [-0.25, -0.2) is 13.1 Å². The van der Waals surface area contributed by atoms with Crippen molar-refractivity contribution < 1.29 is 12.8 Å². The second-order valence-corrected chi connectivity index (χ2v) is 6.59. The molecule has 0 saturated carbocycles. The van der Waals surface area contributed by atoms with Crippen LogP contribution in [0.25, 0.3) is 0 Å². The van der Waals surface area contributed by atoms with Gasteiger partial charge in [0.15, 0.2) is 0 Å². The molecule has 0 aliphatic rings. The minimum absolute atomic E-state index is 0.129. The van der Waals surface area contributed by atoms with Gasteiger partial charge >= 0.3 is 0 Å². The summed E-state index contributed by atoms with van der Waals surface area (Å²) in [6, 6.07) is 8.60. The van der Waals surface area contributed by atoms with Gasteiger partial charge in [-0.3, -0.25) is 0 Å². The Labute approximate surface area is 125 Å². The summed E-state index contributed by atoms with van der Waals surface area (Å²) in [6.45, 7) is 4.28. The summed E-state index contributed by atoms with van der Waals surface area (Å²) in [5, 5.41) is 0. The Hall–Kier alpha value is -1.63. The van der Waals surface area contributed by atoms with Crippen LogP contribution in [0.2, 0.25) is 0 Å². The standard InChI is InChI=1S/C15H20N2O3S/c1-3-12-5-7-15(8-13(12)9-16)21(18,19)17-10-14-6-4-11(2)20-14/h4-8,17H,3,9-10,16H2,1-2H3. The first kappa shape index (κ1) is 15.8. The molecule has 21 heavy (non-hydrogen) atoms. The molecule has 5 nitrogen and oxygen atoms in total. The fourth-order valence-corrected chi connectivity index (χ4v) is 3.18. The molecule has 0 spiro atoms. The summed E-state index contributed by atoms with van der Waals surface area (Å²) in [5.74, 6) is 1.34. The molecule has 6 heteroatoms. The van der Waals surface area contributed by atoms with Crippen molar-refractivity contribution in [2.75, 3.05) is 0 Å². The van der Waals surface area contributed by atoms with Crippen molar-refractivity contribution in [1.29, 1.82) is 0 Å². The monoisotopic (exact) mass is 308 g/mol. The zero-order valence-electron chi connectivity index (χ0n) is 12.2. The Morgan fingerprint density at radius 3 is 2.52 bits per heavy atom. The number of furan rings is 1. The van der Waals surface area contributed by atoms with Gasteiger partial charge in [0, 0.05) is 6.54 Å². The average Bonchev–Trinajstić information content (AvgIpc) is 2.90. The number of sulfonamides is 1. The molecule has 0 unspecified atom stereocenters. The molecular weight excluding hydrogens is 288 g/mol. The van der Waals surface area contributed by atoms with Crippen molar-refractivity contribution in [1.82, 2.24) is 4.72 Å². The van der Waals surface area contributed by atoms with Gasteiger partial charge in [0.2, 0.25) is 10.0 Å². The molecule has 2 aromatic rings. The van der Waals surface area contributed by atoms with E-state index in [1.54, 1.807) is 24.3 Å². The number of nitrogens with two attached hydrogens (primary N) is 1. The first-order valence-electron chi connectivity index (χ1n) is 6.83. The minimum Gasteiger partial charge on any atom is -0.465 e. The summed E-state index contributed by atoms with van der Waals surface area (Å²) in [7, 11) is -3.57. The molecule has 0 aliphatic heterocycles. The first-order valence-corrected chi connectivity index (χ1v) is 8.31. The van der Waals surface area contributed by atoms with Crippen LogP contribution < -0.4 is 10.5 Å². The third kappa shape index (κ3) is 3.72. The number of benzene rings is 1. The molecular formula is C15H20N2O3S. The van der Waals surface area contributed by atoms with Crippen LogP contribution in [0.15, 0.2) is 39.6 Å². The normalized spacial score (nSPS) is 11.8. The molecule has 0 radical (unpaired) electrons. The van der Waals surface area contributed by atoms with Crippen molar-refractivity contribution in [3.8, 4) is 0 Å². The molecule has 0 aliphatic carbocycles. The third-order valence-electron chi connectivity index (χ3n) is 3.32. The van der Waals surface area contributed by atoms with Gasteiger partial charge < -0.3 is 10.2 Å². The first-order chi connectivity index (χ1) is 9.96. The highest BCUT2D eigenvalue weighted by Crippen LogP contribution is 2.17. The smallest absolute Gasteiger partial charge is 0.240 e. The van der Waals surface area contributed by atoms with E-state index in [1.165, 1.54) is 0 Å². The highest BCUT2D eigenvalue weighted by atomic mass is 32.2. The second kappa shape index (κ2) is 6.43. The lowest BCUT2D eigenvalue weighted by molar-refractivity contribution is 0.475. The van der Waals surface area contributed by atoms with Crippen LogP contribution >= 0.6 is 0 Å². The highest BCUT2D eigenvalue weighted by Gasteiger charge is 2.16. The maximum atomic E-state index is 12.3. The predicted molar refractivity (Wildman–Crippen MR) is 81.2 cm³/mol. The summed E-state index contributed by atoms with van der Waals surface area (Å²) in [5.41, 5.74) is 7.60. The molecule has 3 N–H and O–H groups in total. The van der Waals surface area contributed by atoms with Gasteiger partial charge in [0.1, 0.15) is 11.5 Å². The van der Waals surface area contributed by atoms with Gasteiger partial charge in [0.05, 0.1) is 11.4 Å². The molecule has 0 atom stereocenters. The Morgan fingerprint density at radius 2 is 1.95 bits per heavy atom. The van der Waals surface area contributed by atoms with E-state index in [4.69, 9.17) is 10.2 Å². The summed E-state index contributed by atoms with van der Waals surface area (Å²) >= 11 is 0. The third-order valence-corrected chi connectivity index (χ3v) is 4.72. The van der Waals surface area contributed by atoms with Crippen molar-refractivity contribution >= 4 is 10.0 Å². The second-order valence-electron chi connectivity index (χ2n) is 4.83. The van der Waals surface area contributed by atoms with Crippen molar-refractivity contribution in [2.45, 2.75) is 38.3 Å². The van der Waals surface area contributed by atoms with E-state index < -0.39 is 10.0 Å². The van der Waals surface area contributed by atoms with Gasteiger partial charge in [-0.15, -0.1) is 0 Å². The summed E-state index contributed by atoms with van der Waals surface area (Å²) < 4.78 is 32.5. The zero-order valence-corrected chi connectivity index (χ0v) is 13.0. The molecule has 114 valence electrons. The topological polar surface area (TPSA) is 85.3 Å². The quantitative estimate of drug-likeness (QED) is 0.855. The lowest BCUT2D eigenvalue weighted by atomic mass is 10.1. The van der Waals surface area contributed by atoms with E-state index in [2.05, 4.69) is 4.72 Å². The number of rotatable bonds is 6. The Bertz CT molecular complexity index is 720. The maximum Gasteiger partial charge on any atom is 0.240 e. The molecule has 1 heterocycles. The lowest BCUT2D eigenvalue weighted by Crippen LogP contribution is -2.23. The fourth-order valence-electron chi connectivity index (χ4n) is 2.13. The largest absolute Gasteiger partial charge is 0.465 e. The Balaban J connectivity index is 2.19. The fraction of sp³-hybridized carbons (Fsp3) is 0.333. The molecule has 0 fully saturated rings. The Kier molecular flexibility index (Phi) is 4.82. The SMILES string of the molecule is CCc1ccc(S(=O)(=O)NCc2ccc(C)o2)cc1CN. The van der Waals surface area contributed by atoms with Crippen LogP contribution in [0.4, 0.5) is 0 Å². The van der Waals surface area contributed by atoms with Crippen molar-refractivity contribution in [3.63, 3.8) is 0 Å². The Morgan fingerprint density at radius 1 is 1.19 bits per heavy atom. The van der Waals surface area contributed by atoms with Crippen LogP contribution in [0, 0.1) is 6.92 Å². The lowest BCUT2D eigenvalue weighted by Gasteiger charge is -2.10. The summed E-state index contributed by atoms with van der Waals surface area (Å²) in [4.78, 5) is 0.225. The van der Waals surface area contributed by atoms with E-state index in [0.29, 0.717) is 12.3 Å². The minimum atomic E-state index is -3.57. The maximum absolute atomic E-state index is 12.3. The van der Waals surface area contributed by atoms with E-state index >= 15 is 0 Å². The van der Waals surface area contributed by atoms with Crippen LogP contribution in [0.1, 0.15) is 29.6 Å². The van der Waals surface area contributed by atoms with Gasteiger partial charge in [-0.2, -0.15) is 0 Å². The molecule has 1 aromatic heterocycles. The van der Waals surface area contributed by atoms with Crippen LogP contribution in [-0.4, -0.2) is 8.42 Å². The summed E-state index contributed by atoms with van der Waals surface area (Å²) in [6.07, 6.45) is 0.825. The molecule has 2 rings (SSSR count). The molecule has 0 bridgehead atoms. The number of hydrogen-bond acceptors (Lipinski definition) is 4. The molecule has 1 aromatic carbocycles. The van der Waals surface area contributed by atoms with Crippen molar-refractivity contribution in [3.05, 3.63) is 53.0 Å². The zero-order chi connectivity index (χ0) is 15.5. The van der Waals surface area contributed by atoms with Crippen LogP contribution in [-0.2, 0) is 29.5 Å². The van der Waals surface area contributed by atoms with Gasteiger partial charge in [0.25, 0.3) is 0 Å². The van der Waals surface area contributed by atoms with Gasteiger partial charge in [-0.1, -0.05) is 13.0 Å². The van der Waals surface area contributed by atoms with Gasteiger partial charge in [-0.05, 0) is 48.7 Å². The number of hydrogen-bond donors (Lipinski definition) is 2. The number of aryl methyl sites for hydroxylation is 2.